The Morgan fingerprint density at radius 2 is 1.76 bits per heavy atom. The van der Waals surface area contributed by atoms with Crippen LogP contribution in [0.5, 0.6) is 0 Å². The molecule has 0 bridgehead atoms. The molecule has 1 amide bonds. The standard InChI is InChI=1S/C11H23N3O3/c1-11(8-15,9-16)12-7-10(17)14-5-3-13(2)4-6-14/h12,15-16H,3-9H2,1-2H3. The number of rotatable bonds is 5. The van der Waals surface area contributed by atoms with Gasteiger partial charge in [-0.05, 0) is 14.0 Å². The van der Waals surface area contributed by atoms with Gasteiger partial charge in [-0.1, -0.05) is 0 Å². The van der Waals surface area contributed by atoms with Gasteiger partial charge >= 0.3 is 0 Å². The first kappa shape index (κ1) is 14.4. The number of hydrogen-bond acceptors (Lipinski definition) is 5. The zero-order valence-electron chi connectivity index (χ0n) is 10.6. The van der Waals surface area contributed by atoms with Crippen LogP contribution in [0.2, 0.25) is 0 Å². The minimum Gasteiger partial charge on any atom is -0.394 e. The number of nitrogens with one attached hydrogen (secondary N) is 1. The maximum atomic E-state index is 11.9. The topological polar surface area (TPSA) is 76.0 Å². The highest BCUT2D eigenvalue weighted by molar-refractivity contribution is 5.78. The second-order valence-electron chi connectivity index (χ2n) is 4.91. The molecule has 1 aliphatic rings. The number of likely N-dealkylation sites (N-methyl/N-ethyl adjacent to an activating group) is 1. The average Bonchev–Trinajstić information content (AvgIpc) is 2.36. The van der Waals surface area contributed by atoms with E-state index in [1.807, 2.05) is 11.9 Å². The number of amides is 1. The second-order valence-corrected chi connectivity index (χ2v) is 4.91. The maximum absolute atomic E-state index is 11.9. The third-order valence-corrected chi connectivity index (χ3v) is 3.22. The molecule has 0 aromatic rings. The maximum Gasteiger partial charge on any atom is 0.236 e. The molecule has 3 N–H and O–H groups in total. The van der Waals surface area contributed by atoms with E-state index in [1.54, 1.807) is 6.92 Å². The number of piperazine rings is 1. The summed E-state index contributed by atoms with van der Waals surface area (Å²) in [6.07, 6.45) is 0. The van der Waals surface area contributed by atoms with Gasteiger partial charge in [0.2, 0.25) is 5.91 Å². The molecular weight excluding hydrogens is 222 g/mol. The summed E-state index contributed by atoms with van der Waals surface area (Å²) in [6, 6.07) is 0. The molecule has 6 heteroatoms. The van der Waals surface area contributed by atoms with Crippen molar-refractivity contribution in [3.05, 3.63) is 0 Å². The normalized spacial score (nSPS) is 18.5. The van der Waals surface area contributed by atoms with Crippen LogP contribution in [0.15, 0.2) is 0 Å². The summed E-state index contributed by atoms with van der Waals surface area (Å²) < 4.78 is 0. The van der Waals surface area contributed by atoms with Crippen molar-refractivity contribution < 1.29 is 15.0 Å². The molecule has 1 rings (SSSR count). The molecule has 1 heterocycles. The molecule has 0 atom stereocenters. The van der Waals surface area contributed by atoms with Crippen molar-refractivity contribution in [2.45, 2.75) is 12.5 Å². The molecule has 17 heavy (non-hydrogen) atoms. The number of hydrogen-bond donors (Lipinski definition) is 3. The Labute approximate surface area is 102 Å². The highest BCUT2D eigenvalue weighted by atomic mass is 16.3. The number of aliphatic hydroxyl groups is 2. The van der Waals surface area contributed by atoms with E-state index >= 15 is 0 Å². The molecule has 1 saturated heterocycles. The van der Waals surface area contributed by atoms with Crippen molar-refractivity contribution in [1.82, 2.24) is 15.1 Å². The minimum absolute atomic E-state index is 0.0197. The van der Waals surface area contributed by atoms with Crippen LogP contribution in [0.1, 0.15) is 6.92 Å². The highest BCUT2D eigenvalue weighted by Gasteiger charge is 2.25. The van der Waals surface area contributed by atoms with Gasteiger partial charge in [0.25, 0.3) is 0 Å². The molecule has 0 unspecified atom stereocenters. The quantitative estimate of drug-likeness (QED) is 0.527. The SMILES string of the molecule is CN1CCN(C(=O)CNC(C)(CO)CO)CC1. The Kier molecular flexibility index (Phi) is 5.32. The van der Waals surface area contributed by atoms with E-state index in [2.05, 4.69) is 10.2 Å². The van der Waals surface area contributed by atoms with E-state index in [1.165, 1.54) is 0 Å². The number of aliphatic hydroxyl groups excluding tert-OH is 2. The summed E-state index contributed by atoms with van der Waals surface area (Å²) in [5.41, 5.74) is -0.789. The van der Waals surface area contributed by atoms with E-state index in [0.717, 1.165) is 26.2 Å². The van der Waals surface area contributed by atoms with Gasteiger partial charge in [0.05, 0.1) is 25.3 Å². The monoisotopic (exact) mass is 245 g/mol. The third kappa shape index (κ3) is 4.23. The van der Waals surface area contributed by atoms with E-state index < -0.39 is 5.54 Å². The minimum atomic E-state index is -0.789. The fourth-order valence-corrected chi connectivity index (χ4v) is 1.62. The molecule has 100 valence electrons. The fraction of sp³-hybridized carbons (Fsp3) is 0.909. The van der Waals surface area contributed by atoms with Crippen molar-refractivity contribution in [3.8, 4) is 0 Å². The molecular formula is C11H23N3O3. The largest absolute Gasteiger partial charge is 0.394 e. The molecule has 0 aliphatic carbocycles. The Bertz CT molecular complexity index is 248. The van der Waals surface area contributed by atoms with Crippen LogP contribution in [0, 0.1) is 0 Å². The van der Waals surface area contributed by atoms with Crippen molar-refractivity contribution in [2.75, 3.05) is 53.0 Å². The van der Waals surface area contributed by atoms with Crippen LogP contribution in [0.4, 0.5) is 0 Å². The molecule has 1 fully saturated rings. The Morgan fingerprint density at radius 3 is 2.24 bits per heavy atom. The molecule has 0 aromatic carbocycles. The molecule has 1 aliphatic heterocycles. The lowest BCUT2D eigenvalue weighted by Crippen LogP contribution is -2.55. The lowest BCUT2D eigenvalue weighted by Gasteiger charge is -2.34. The Morgan fingerprint density at radius 1 is 1.24 bits per heavy atom. The highest BCUT2D eigenvalue weighted by Crippen LogP contribution is 2.02. The summed E-state index contributed by atoms with van der Waals surface area (Å²) in [4.78, 5) is 15.9. The Balaban J connectivity index is 2.34. The van der Waals surface area contributed by atoms with Gasteiger partial charge in [-0.3, -0.25) is 10.1 Å². The predicted molar refractivity (Wildman–Crippen MR) is 64.7 cm³/mol. The van der Waals surface area contributed by atoms with Gasteiger partial charge in [-0.15, -0.1) is 0 Å². The van der Waals surface area contributed by atoms with Crippen molar-refractivity contribution >= 4 is 5.91 Å². The summed E-state index contributed by atoms with van der Waals surface area (Å²) in [5.74, 6) is 0.0197. The van der Waals surface area contributed by atoms with Crippen LogP contribution in [-0.2, 0) is 4.79 Å². The molecule has 6 nitrogen and oxygen atoms in total. The van der Waals surface area contributed by atoms with Gasteiger partial charge in [0.1, 0.15) is 0 Å². The van der Waals surface area contributed by atoms with Gasteiger partial charge in [0, 0.05) is 26.2 Å². The first-order valence-corrected chi connectivity index (χ1v) is 5.94. The third-order valence-electron chi connectivity index (χ3n) is 3.22. The van der Waals surface area contributed by atoms with Crippen LogP contribution < -0.4 is 5.32 Å². The van der Waals surface area contributed by atoms with Crippen LogP contribution in [0.25, 0.3) is 0 Å². The average molecular weight is 245 g/mol. The summed E-state index contributed by atoms with van der Waals surface area (Å²) in [6.45, 7) is 4.72. The Hall–Kier alpha value is -0.690. The van der Waals surface area contributed by atoms with E-state index in [0.29, 0.717) is 0 Å². The lowest BCUT2D eigenvalue weighted by atomic mass is 10.1. The van der Waals surface area contributed by atoms with Gasteiger partial charge in [-0.25, -0.2) is 0 Å². The smallest absolute Gasteiger partial charge is 0.236 e. The summed E-state index contributed by atoms with van der Waals surface area (Å²) in [7, 11) is 2.04. The van der Waals surface area contributed by atoms with E-state index in [-0.39, 0.29) is 25.7 Å². The van der Waals surface area contributed by atoms with Gasteiger partial charge < -0.3 is 20.0 Å². The van der Waals surface area contributed by atoms with Crippen LogP contribution in [-0.4, -0.2) is 84.4 Å². The zero-order valence-corrected chi connectivity index (χ0v) is 10.6. The predicted octanol–water partition coefficient (Wildman–Crippen LogP) is -1.91. The molecule has 0 radical (unpaired) electrons. The van der Waals surface area contributed by atoms with Crippen molar-refractivity contribution in [3.63, 3.8) is 0 Å². The first-order valence-electron chi connectivity index (χ1n) is 5.94. The number of carbonyl (C=O) groups excluding carboxylic acids is 1. The van der Waals surface area contributed by atoms with Crippen LogP contribution >= 0.6 is 0 Å². The van der Waals surface area contributed by atoms with Gasteiger partial charge in [-0.2, -0.15) is 0 Å². The molecule has 0 aromatic heterocycles. The summed E-state index contributed by atoms with van der Waals surface area (Å²) in [5, 5.41) is 21.1. The summed E-state index contributed by atoms with van der Waals surface area (Å²) >= 11 is 0. The van der Waals surface area contributed by atoms with E-state index in [9.17, 15) is 4.79 Å². The zero-order chi connectivity index (χ0) is 12.9. The lowest BCUT2D eigenvalue weighted by molar-refractivity contribution is -0.132. The second kappa shape index (κ2) is 6.30. The van der Waals surface area contributed by atoms with Gasteiger partial charge in [0.15, 0.2) is 0 Å². The van der Waals surface area contributed by atoms with Crippen LogP contribution in [0.3, 0.4) is 0 Å². The molecule has 0 saturated carbocycles. The van der Waals surface area contributed by atoms with E-state index in [4.69, 9.17) is 10.2 Å². The van der Waals surface area contributed by atoms with Crippen molar-refractivity contribution in [2.24, 2.45) is 0 Å². The molecule has 0 spiro atoms. The first-order chi connectivity index (χ1) is 8.00. The number of nitrogens with zero attached hydrogens (tertiary/aromatic N) is 2. The van der Waals surface area contributed by atoms with Crippen molar-refractivity contribution in [1.29, 1.82) is 0 Å². The fourth-order valence-electron chi connectivity index (χ4n) is 1.62. The number of carbonyl (C=O) groups is 1.